The van der Waals surface area contributed by atoms with Crippen LogP contribution >= 0.6 is 0 Å². The predicted molar refractivity (Wildman–Crippen MR) is 102 cm³/mol. The van der Waals surface area contributed by atoms with Crippen LogP contribution in [0.1, 0.15) is 35.1 Å². The molecular formula is C19H29N3O3S. The molecule has 0 aliphatic carbocycles. The average molecular weight is 380 g/mol. The first kappa shape index (κ1) is 19.3. The van der Waals surface area contributed by atoms with E-state index in [0.29, 0.717) is 31.1 Å². The number of hydrogen-bond acceptors (Lipinski definition) is 4. The van der Waals surface area contributed by atoms with Crippen LogP contribution in [0.25, 0.3) is 0 Å². The van der Waals surface area contributed by atoms with Crippen molar-refractivity contribution in [3.05, 3.63) is 28.3 Å². The Morgan fingerprint density at radius 3 is 2.35 bits per heavy atom. The van der Waals surface area contributed by atoms with Crippen LogP contribution in [-0.2, 0) is 14.8 Å². The van der Waals surface area contributed by atoms with Crippen molar-refractivity contribution < 1.29 is 13.2 Å². The van der Waals surface area contributed by atoms with Crippen LogP contribution in [0.15, 0.2) is 11.0 Å². The largest absolute Gasteiger partial charge is 0.336 e. The van der Waals surface area contributed by atoms with Crippen LogP contribution < -0.4 is 5.32 Å². The maximum atomic E-state index is 13.5. The smallest absolute Gasteiger partial charge is 0.243 e. The molecule has 2 heterocycles. The number of piperidine rings is 1. The third-order valence-electron chi connectivity index (χ3n) is 5.82. The molecule has 2 aliphatic heterocycles. The van der Waals surface area contributed by atoms with Gasteiger partial charge >= 0.3 is 0 Å². The van der Waals surface area contributed by atoms with E-state index in [-0.39, 0.29) is 11.9 Å². The normalized spacial score (nSPS) is 22.7. The van der Waals surface area contributed by atoms with Crippen molar-refractivity contribution in [2.45, 2.75) is 51.5 Å². The van der Waals surface area contributed by atoms with Gasteiger partial charge in [-0.3, -0.25) is 4.79 Å². The second-order valence-corrected chi connectivity index (χ2v) is 9.39. The quantitative estimate of drug-likeness (QED) is 0.864. The number of piperazine rings is 1. The van der Waals surface area contributed by atoms with E-state index in [0.717, 1.165) is 41.6 Å². The number of carbonyl (C=O) groups is 1. The molecule has 2 aliphatic rings. The van der Waals surface area contributed by atoms with Crippen molar-refractivity contribution in [2.24, 2.45) is 0 Å². The summed E-state index contributed by atoms with van der Waals surface area (Å²) in [5.41, 5.74) is 3.65. The Bertz CT molecular complexity index is 794. The zero-order valence-corrected chi connectivity index (χ0v) is 16.9. The number of aryl methyl sites for hydroxylation is 2. The number of benzene rings is 1. The molecule has 26 heavy (non-hydrogen) atoms. The second-order valence-electron chi connectivity index (χ2n) is 7.51. The summed E-state index contributed by atoms with van der Waals surface area (Å²) in [4.78, 5) is 14.5. The summed E-state index contributed by atoms with van der Waals surface area (Å²) in [6, 6.07) is 2.02. The third-order valence-corrected chi connectivity index (χ3v) is 7.96. The van der Waals surface area contributed by atoms with E-state index in [1.54, 1.807) is 4.31 Å². The van der Waals surface area contributed by atoms with Crippen LogP contribution in [0.3, 0.4) is 0 Å². The molecule has 3 rings (SSSR count). The molecule has 2 fully saturated rings. The molecule has 0 spiro atoms. The maximum Gasteiger partial charge on any atom is 0.243 e. The lowest BCUT2D eigenvalue weighted by molar-refractivity contribution is -0.135. The lowest BCUT2D eigenvalue weighted by atomic mass is 10.0. The van der Waals surface area contributed by atoms with Gasteiger partial charge in [0.05, 0.1) is 11.4 Å². The highest BCUT2D eigenvalue weighted by molar-refractivity contribution is 7.89. The standard InChI is InChI=1S/C19H29N3O3S/c1-13-10-14(2)16(4)19(15(13)3)26(24,25)21-8-5-6-17(12-21)22-9-7-20-11-18(22)23/h10,17,20H,5-9,11-12H2,1-4H3. The van der Waals surface area contributed by atoms with Gasteiger partial charge in [0.1, 0.15) is 0 Å². The van der Waals surface area contributed by atoms with Gasteiger partial charge in [-0.2, -0.15) is 4.31 Å². The zero-order chi connectivity index (χ0) is 19.1. The first-order valence-electron chi connectivity index (χ1n) is 9.31. The van der Waals surface area contributed by atoms with Gasteiger partial charge in [-0.1, -0.05) is 6.07 Å². The van der Waals surface area contributed by atoms with Gasteiger partial charge in [0.2, 0.25) is 15.9 Å². The summed E-state index contributed by atoms with van der Waals surface area (Å²) >= 11 is 0. The minimum absolute atomic E-state index is 0.0281. The summed E-state index contributed by atoms with van der Waals surface area (Å²) in [6.07, 6.45) is 1.65. The number of nitrogens with one attached hydrogen (secondary N) is 1. The molecule has 0 bridgehead atoms. The molecule has 1 amide bonds. The average Bonchev–Trinajstić information content (AvgIpc) is 2.60. The molecule has 1 N–H and O–H groups in total. The number of nitrogens with zero attached hydrogens (tertiary/aromatic N) is 2. The number of hydrogen-bond donors (Lipinski definition) is 1. The Morgan fingerprint density at radius 1 is 1.08 bits per heavy atom. The van der Waals surface area contributed by atoms with E-state index in [1.807, 2.05) is 38.7 Å². The van der Waals surface area contributed by atoms with Gasteiger partial charge in [-0.05, 0) is 62.8 Å². The van der Waals surface area contributed by atoms with Gasteiger partial charge in [-0.15, -0.1) is 0 Å². The Hall–Kier alpha value is -1.44. The lowest BCUT2D eigenvalue weighted by Crippen LogP contribution is -2.57. The van der Waals surface area contributed by atoms with Crippen LogP contribution in [0, 0.1) is 27.7 Å². The van der Waals surface area contributed by atoms with Crippen LogP contribution in [0.4, 0.5) is 0 Å². The monoisotopic (exact) mass is 379 g/mol. The Morgan fingerprint density at radius 2 is 1.73 bits per heavy atom. The van der Waals surface area contributed by atoms with Crippen molar-refractivity contribution in [3.63, 3.8) is 0 Å². The number of sulfonamides is 1. The number of amides is 1. The summed E-state index contributed by atoms with van der Waals surface area (Å²) < 4.78 is 28.5. The second kappa shape index (κ2) is 7.29. The minimum atomic E-state index is -3.58. The molecule has 1 unspecified atom stereocenters. The molecule has 1 aromatic carbocycles. The molecule has 6 nitrogen and oxygen atoms in total. The minimum Gasteiger partial charge on any atom is -0.336 e. The molecule has 1 aromatic rings. The van der Waals surface area contributed by atoms with E-state index in [9.17, 15) is 13.2 Å². The fourth-order valence-electron chi connectivity index (χ4n) is 4.10. The highest BCUT2D eigenvalue weighted by Gasteiger charge is 2.36. The van der Waals surface area contributed by atoms with E-state index in [4.69, 9.17) is 0 Å². The van der Waals surface area contributed by atoms with E-state index < -0.39 is 10.0 Å². The van der Waals surface area contributed by atoms with Crippen LogP contribution in [0.5, 0.6) is 0 Å². The Labute approximate surface area is 156 Å². The lowest BCUT2D eigenvalue weighted by Gasteiger charge is -2.40. The Balaban J connectivity index is 1.92. The highest BCUT2D eigenvalue weighted by Crippen LogP contribution is 2.31. The molecular weight excluding hydrogens is 350 g/mol. The predicted octanol–water partition coefficient (Wildman–Crippen LogP) is 1.51. The molecule has 0 aromatic heterocycles. The third kappa shape index (κ3) is 3.40. The maximum absolute atomic E-state index is 13.5. The molecule has 2 saturated heterocycles. The van der Waals surface area contributed by atoms with Gasteiger partial charge < -0.3 is 10.2 Å². The molecule has 0 radical (unpaired) electrons. The summed E-state index contributed by atoms with van der Waals surface area (Å²) in [6.45, 7) is 10.4. The van der Waals surface area contributed by atoms with Gasteiger partial charge in [0.15, 0.2) is 0 Å². The van der Waals surface area contributed by atoms with Gasteiger partial charge in [0, 0.05) is 32.2 Å². The van der Waals surface area contributed by atoms with Crippen molar-refractivity contribution in [3.8, 4) is 0 Å². The van der Waals surface area contributed by atoms with Crippen LogP contribution in [-0.4, -0.2) is 62.3 Å². The van der Waals surface area contributed by atoms with E-state index in [2.05, 4.69) is 5.32 Å². The topological polar surface area (TPSA) is 69.7 Å². The fourth-order valence-corrected chi connectivity index (χ4v) is 6.19. The number of rotatable bonds is 3. The molecule has 7 heteroatoms. The first-order valence-corrected chi connectivity index (χ1v) is 10.7. The molecule has 144 valence electrons. The molecule has 0 saturated carbocycles. The fraction of sp³-hybridized carbons (Fsp3) is 0.632. The summed E-state index contributed by atoms with van der Waals surface area (Å²) in [5, 5.41) is 3.08. The Kier molecular flexibility index (Phi) is 5.42. The van der Waals surface area contributed by atoms with Crippen molar-refractivity contribution >= 4 is 15.9 Å². The van der Waals surface area contributed by atoms with E-state index in [1.165, 1.54) is 0 Å². The zero-order valence-electron chi connectivity index (χ0n) is 16.1. The van der Waals surface area contributed by atoms with Gasteiger partial charge in [0.25, 0.3) is 0 Å². The van der Waals surface area contributed by atoms with Crippen molar-refractivity contribution in [2.75, 3.05) is 32.7 Å². The van der Waals surface area contributed by atoms with Crippen molar-refractivity contribution in [1.29, 1.82) is 0 Å². The summed E-state index contributed by atoms with van der Waals surface area (Å²) in [7, 11) is -3.58. The van der Waals surface area contributed by atoms with Crippen LogP contribution in [0.2, 0.25) is 0 Å². The summed E-state index contributed by atoms with van der Waals surface area (Å²) in [5.74, 6) is 0.0688. The van der Waals surface area contributed by atoms with E-state index >= 15 is 0 Å². The van der Waals surface area contributed by atoms with Gasteiger partial charge in [-0.25, -0.2) is 8.42 Å². The molecule has 1 atom stereocenters. The highest BCUT2D eigenvalue weighted by atomic mass is 32.2. The number of carbonyl (C=O) groups excluding carboxylic acids is 1. The van der Waals surface area contributed by atoms with Crippen molar-refractivity contribution in [1.82, 2.24) is 14.5 Å². The first-order chi connectivity index (χ1) is 12.2. The SMILES string of the molecule is Cc1cc(C)c(C)c(S(=O)(=O)N2CCCC(N3CCNCC3=O)C2)c1C.